The van der Waals surface area contributed by atoms with Gasteiger partial charge in [0.25, 0.3) is 0 Å². The van der Waals surface area contributed by atoms with Crippen LogP contribution in [0.2, 0.25) is 0 Å². The lowest BCUT2D eigenvalue weighted by Gasteiger charge is -2.16. The van der Waals surface area contributed by atoms with Crippen LogP contribution in [0.1, 0.15) is 24.1 Å². The number of hydrogen-bond donors (Lipinski definition) is 0. The molecule has 0 aliphatic carbocycles. The molecule has 5 nitrogen and oxygen atoms in total. The number of likely N-dealkylation sites (N-methyl/N-ethyl adjacent to an activating group) is 1. The van der Waals surface area contributed by atoms with E-state index >= 15 is 0 Å². The second-order valence-corrected chi connectivity index (χ2v) is 6.66. The molecule has 1 aromatic heterocycles. The second-order valence-electron chi connectivity index (χ2n) is 5.82. The van der Waals surface area contributed by atoms with Crippen LogP contribution in [0.25, 0.3) is 0 Å². The number of rotatable bonds is 5. The SMILES string of the molecule is CN(Cc1ccc(F)cc1)C(=O)Cc1csc(N2CCCC2=O)n1. The Kier molecular flexibility index (Phi) is 4.89. The van der Waals surface area contributed by atoms with Gasteiger partial charge in [-0.1, -0.05) is 12.1 Å². The number of carbonyl (C=O) groups is 2. The van der Waals surface area contributed by atoms with E-state index in [0.29, 0.717) is 30.3 Å². The summed E-state index contributed by atoms with van der Waals surface area (Å²) in [5.41, 5.74) is 1.54. The van der Waals surface area contributed by atoms with Crippen LogP contribution in [0.15, 0.2) is 29.6 Å². The number of thiazole rings is 1. The Morgan fingerprint density at radius 3 is 2.79 bits per heavy atom. The van der Waals surface area contributed by atoms with Crippen LogP contribution in [-0.4, -0.2) is 35.3 Å². The average molecular weight is 347 g/mol. The summed E-state index contributed by atoms with van der Waals surface area (Å²) >= 11 is 1.39. The standard InChI is InChI=1S/C17H18FN3O2S/c1-20(10-12-4-6-13(18)7-5-12)16(23)9-14-11-24-17(19-14)21-8-2-3-15(21)22/h4-7,11H,2-3,8-10H2,1H3. The Bertz CT molecular complexity index is 745. The molecule has 0 spiro atoms. The molecule has 0 radical (unpaired) electrons. The van der Waals surface area contributed by atoms with Crippen molar-refractivity contribution < 1.29 is 14.0 Å². The fourth-order valence-electron chi connectivity index (χ4n) is 2.59. The number of anilines is 1. The van der Waals surface area contributed by atoms with Crippen LogP contribution in [0.4, 0.5) is 9.52 Å². The van der Waals surface area contributed by atoms with Gasteiger partial charge in [-0.2, -0.15) is 0 Å². The molecule has 1 aliphatic heterocycles. The third kappa shape index (κ3) is 3.79. The second kappa shape index (κ2) is 7.09. The zero-order chi connectivity index (χ0) is 17.1. The van der Waals surface area contributed by atoms with Gasteiger partial charge in [0.05, 0.1) is 12.1 Å². The minimum Gasteiger partial charge on any atom is -0.341 e. The van der Waals surface area contributed by atoms with Gasteiger partial charge in [0.2, 0.25) is 11.8 Å². The van der Waals surface area contributed by atoms with E-state index in [-0.39, 0.29) is 24.1 Å². The van der Waals surface area contributed by atoms with Crippen molar-refractivity contribution in [3.63, 3.8) is 0 Å². The molecule has 2 amide bonds. The number of halogens is 1. The van der Waals surface area contributed by atoms with Gasteiger partial charge in [-0.05, 0) is 24.1 Å². The first-order valence-corrected chi connectivity index (χ1v) is 8.64. The maximum absolute atomic E-state index is 12.9. The van der Waals surface area contributed by atoms with E-state index in [2.05, 4.69) is 4.98 Å². The van der Waals surface area contributed by atoms with Crippen LogP contribution in [-0.2, 0) is 22.6 Å². The van der Waals surface area contributed by atoms with E-state index < -0.39 is 0 Å². The molecular formula is C17H18FN3O2S. The van der Waals surface area contributed by atoms with Crippen molar-refractivity contribution in [1.82, 2.24) is 9.88 Å². The van der Waals surface area contributed by atoms with Crippen molar-refractivity contribution in [2.24, 2.45) is 0 Å². The maximum atomic E-state index is 12.9. The zero-order valence-electron chi connectivity index (χ0n) is 13.4. The van der Waals surface area contributed by atoms with Crippen LogP contribution in [0, 0.1) is 5.82 Å². The van der Waals surface area contributed by atoms with Crippen molar-refractivity contribution >= 4 is 28.3 Å². The normalized spacial score (nSPS) is 14.2. The van der Waals surface area contributed by atoms with Crippen molar-refractivity contribution in [3.8, 4) is 0 Å². The molecule has 0 unspecified atom stereocenters. The Hall–Kier alpha value is -2.28. The first-order chi connectivity index (χ1) is 11.5. The highest BCUT2D eigenvalue weighted by Crippen LogP contribution is 2.25. The van der Waals surface area contributed by atoms with Gasteiger partial charge in [-0.3, -0.25) is 14.5 Å². The van der Waals surface area contributed by atoms with Crippen molar-refractivity contribution in [1.29, 1.82) is 0 Å². The molecule has 2 heterocycles. The monoisotopic (exact) mass is 347 g/mol. The Labute approximate surface area is 143 Å². The topological polar surface area (TPSA) is 53.5 Å². The Morgan fingerprint density at radius 1 is 1.38 bits per heavy atom. The highest BCUT2D eigenvalue weighted by Gasteiger charge is 2.24. The van der Waals surface area contributed by atoms with Crippen LogP contribution in [0.3, 0.4) is 0 Å². The van der Waals surface area contributed by atoms with Gasteiger partial charge >= 0.3 is 0 Å². The van der Waals surface area contributed by atoms with Gasteiger partial charge in [0.1, 0.15) is 5.82 Å². The summed E-state index contributed by atoms with van der Waals surface area (Å²) in [7, 11) is 1.71. The summed E-state index contributed by atoms with van der Waals surface area (Å²) in [6.45, 7) is 1.12. The predicted octanol–water partition coefficient (Wildman–Crippen LogP) is 2.61. The zero-order valence-corrected chi connectivity index (χ0v) is 14.2. The third-order valence-electron chi connectivity index (χ3n) is 3.94. The van der Waals surface area contributed by atoms with Crippen LogP contribution >= 0.6 is 11.3 Å². The predicted molar refractivity (Wildman–Crippen MR) is 90.3 cm³/mol. The minimum atomic E-state index is -0.292. The van der Waals surface area contributed by atoms with E-state index in [0.717, 1.165) is 12.0 Å². The van der Waals surface area contributed by atoms with E-state index in [1.165, 1.54) is 23.5 Å². The molecule has 3 rings (SSSR count). The lowest BCUT2D eigenvalue weighted by molar-refractivity contribution is -0.129. The summed E-state index contributed by atoms with van der Waals surface area (Å²) < 4.78 is 12.9. The largest absolute Gasteiger partial charge is 0.341 e. The van der Waals surface area contributed by atoms with E-state index in [1.54, 1.807) is 29.0 Å². The maximum Gasteiger partial charge on any atom is 0.228 e. The van der Waals surface area contributed by atoms with E-state index in [9.17, 15) is 14.0 Å². The number of benzene rings is 1. The van der Waals surface area contributed by atoms with E-state index in [4.69, 9.17) is 0 Å². The van der Waals surface area contributed by atoms with Gasteiger partial charge in [-0.15, -0.1) is 11.3 Å². The summed E-state index contributed by atoms with van der Waals surface area (Å²) in [6, 6.07) is 6.10. The summed E-state index contributed by atoms with van der Waals surface area (Å²) in [4.78, 5) is 31.7. The van der Waals surface area contributed by atoms with Crippen LogP contribution in [0.5, 0.6) is 0 Å². The van der Waals surface area contributed by atoms with Gasteiger partial charge in [0, 0.05) is 31.9 Å². The highest BCUT2D eigenvalue weighted by atomic mass is 32.1. The lowest BCUT2D eigenvalue weighted by Crippen LogP contribution is -2.28. The van der Waals surface area contributed by atoms with Gasteiger partial charge < -0.3 is 4.90 Å². The molecule has 2 aromatic rings. The number of hydrogen-bond acceptors (Lipinski definition) is 4. The smallest absolute Gasteiger partial charge is 0.228 e. The third-order valence-corrected chi connectivity index (χ3v) is 4.85. The first kappa shape index (κ1) is 16.6. The van der Waals surface area contributed by atoms with Crippen molar-refractivity contribution in [2.75, 3.05) is 18.5 Å². The number of amides is 2. The van der Waals surface area contributed by atoms with Gasteiger partial charge in [0.15, 0.2) is 5.13 Å². The number of aromatic nitrogens is 1. The fourth-order valence-corrected chi connectivity index (χ4v) is 3.46. The molecular weight excluding hydrogens is 329 g/mol. The number of carbonyl (C=O) groups excluding carboxylic acids is 2. The molecule has 7 heteroatoms. The van der Waals surface area contributed by atoms with Crippen molar-refractivity contribution in [2.45, 2.75) is 25.8 Å². The Balaban J connectivity index is 1.59. The average Bonchev–Trinajstić information content (AvgIpc) is 3.18. The molecule has 0 bridgehead atoms. The molecule has 126 valence electrons. The molecule has 1 fully saturated rings. The molecule has 1 saturated heterocycles. The number of nitrogens with zero attached hydrogens (tertiary/aromatic N) is 3. The van der Waals surface area contributed by atoms with Gasteiger partial charge in [-0.25, -0.2) is 9.37 Å². The fraction of sp³-hybridized carbons (Fsp3) is 0.353. The summed E-state index contributed by atoms with van der Waals surface area (Å²) in [5.74, 6) is -0.265. The van der Waals surface area contributed by atoms with Crippen LogP contribution < -0.4 is 4.90 Å². The summed E-state index contributed by atoms with van der Waals surface area (Å²) in [6.07, 6.45) is 1.61. The minimum absolute atomic E-state index is 0.0658. The first-order valence-electron chi connectivity index (χ1n) is 7.76. The Morgan fingerprint density at radius 2 is 2.12 bits per heavy atom. The lowest BCUT2D eigenvalue weighted by atomic mass is 10.2. The quantitative estimate of drug-likeness (QED) is 0.835. The molecule has 0 N–H and O–H groups in total. The molecule has 0 saturated carbocycles. The van der Waals surface area contributed by atoms with Crippen molar-refractivity contribution in [3.05, 3.63) is 46.7 Å². The van der Waals surface area contributed by atoms with E-state index in [1.807, 2.05) is 5.38 Å². The molecule has 1 aromatic carbocycles. The molecule has 1 aliphatic rings. The highest BCUT2D eigenvalue weighted by molar-refractivity contribution is 7.14. The summed E-state index contributed by atoms with van der Waals surface area (Å²) in [5, 5.41) is 2.49. The molecule has 0 atom stereocenters. The molecule has 24 heavy (non-hydrogen) atoms.